The van der Waals surface area contributed by atoms with Crippen molar-refractivity contribution >= 4 is 22.6 Å². The number of carbonyl (C=O) groups is 1. The lowest BCUT2D eigenvalue weighted by atomic mass is 10.1. The third kappa shape index (κ3) is 2.26. The number of oxime groups is 1. The van der Waals surface area contributed by atoms with E-state index in [0.29, 0.717) is 0 Å². The average Bonchev–Trinajstić information content (AvgIpc) is 2.17. The lowest BCUT2D eigenvalue weighted by Gasteiger charge is -1.95. The molecular weight excluding hydrogens is 197 g/mol. The summed E-state index contributed by atoms with van der Waals surface area (Å²) in [5, 5.41) is 10.2. The molecule has 0 saturated heterocycles. The van der Waals surface area contributed by atoms with Gasteiger partial charge in [0.1, 0.15) is 5.82 Å². The van der Waals surface area contributed by atoms with Gasteiger partial charge < -0.3 is 5.21 Å². The second-order valence-electron chi connectivity index (χ2n) is 2.23. The van der Waals surface area contributed by atoms with Crippen molar-refractivity contribution in [3.63, 3.8) is 0 Å². The van der Waals surface area contributed by atoms with E-state index >= 15 is 0 Å². The molecule has 0 spiro atoms. The summed E-state index contributed by atoms with van der Waals surface area (Å²) in [7, 11) is 0. The average molecular weight is 202 g/mol. The molecule has 1 aromatic carbocycles. The van der Waals surface area contributed by atoms with Crippen LogP contribution in [0.3, 0.4) is 0 Å². The zero-order valence-electron chi connectivity index (χ0n) is 6.37. The van der Waals surface area contributed by atoms with Crippen LogP contribution in [0.4, 0.5) is 4.39 Å². The maximum atomic E-state index is 12.4. The van der Waals surface area contributed by atoms with Gasteiger partial charge in [0.25, 0.3) is 0 Å². The molecule has 0 aliphatic heterocycles. The highest BCUT2D eigenvalue weighted by molar-refractivity contribution is 6.84. The number of nitrogens with zero attached hydrogens (tertiary/aromatic N) is 1. The van der Waals surface area contributed by atoms with Gasteiger partial charge in [-0.15, -0.1) is 0 Å². The molecule has 0 saturated carbocycles. The lowest BCUT2D eigenvalue weighted by molar-refractivity contribution is 0.106. The topological polar surface area (TPSA) is 49.7 Å². The molecule has 0 fully saturated rings. The number of benzene rings is 1. The van der Waals surface area contributed by atoms with Crippen LogP contribution in [0.25, 0.3) is 0 Å². The Labute approximate surface area is 78.4 Å². The van der Waals surface area contributed by atoms with Crippen LogP contribution in [0.1, 0.15) is 10.4 Å². The second-order valence-corrected chi connectivity index (χ2v) is 2.58. The highest BCUT2D eigenvalue weighted by Crippen LogP contribution is 2.05. The molecule has 1 rings (SSSR count). The zero-order chi connectivity index (χ0) is 9.84. The number of carbonyl (C=O) groups excluding carboxylic acids is 1. The molecule has 1 aromatic rings. The molecule has 0 heterocycles. The summed E-state index contributed by atoms with van der Waals surface area (Å²) in [6.07, 6.45) is 0. The van der Waals surface area contributed by atoms with Gasteiger partial charge in [0.2, 0.25) is 11.0 Å². The first-order valence-corrected chi connectivity index (χ1v) is 3.71. The van der Waals surface area contributed by atoms with Crippen molar-refractivity contribution in [3.8, 4) is 0 Å². The molecular formula is C8H5ClFNO2. The molecule has 3 nitrogen and oxygen atoms in total. The first-order valence-electron chi connectivity index (χ1n) is 3.33. The predicted molar refractivity (Wildman–Crippen MR) is 45.8 cm³/mol. The molecule has 13 heavy (non-hydrogen) atoms. The number of hydrogen-bond acceptors (Lipinski definition) is 3. The summed E-state index contributed by atoms with van der Waals surface area (Å²) in [5.41, 5.74) is 0.171. The molecule has 0 unspecified atom stereocenters. The van der Waals surface area contributed by atoms with E-state index in [-0.39, 0.29) is 5.56 Å². The van der Waals surface area contributed by atoms with Crippen molar-refractivity contribution in [1.82, 2.24) is 0 Å². The molecule has 0 aliphatic carbocycles. The van der Waals surface area contributed by atoms with E-state index in [9.17, 15) is 9.18 Å². The maximum Gasteiger partial charge on any atom is 0.226 e. The quantitative estimate of drug-likeness (QED) is 0.345. The molecule has 1 N–H and O–H groups in total. The molecule has 0 aliphatic rings. The molecule has 0 radical (unpaired) electrons. The van der Waals surface area contributed by atoms with E-state index in [1.165, 1.54) is 12.1 Å². The monoisotopic (exact) mass is 201 g/mol. The maximum absolute atomic E-state index is 12.4. The molecule has 5 heteroatoms. The Hall–Kier alpha value is -1.42. The minimum atomic E-state index is -0.649. The minimum absolute atomic E-state index is 0.171. The lowest BCUT2D eigenvalue weighted by Crippen LogP contribution is -2.07. The van der Waals surface area contributed by atoms with Crippen molar-refractivity contribution in [1.29, 1.82) is 0 Å². The number of Topliss-reactive ketones (excluding diaryl/α,β-unsaturated/α-hetero) is 1. The fourth-order valence-corrected chi connectivity index (χ4v) is 0.875. The normalized spacial score (nSPS) is 11.4. The van der Waals surface area contributed by atoms with E-state index in [1.807, 2.05) is 0 Å². The van der Waals surface area contributed by atoms with Crippen LogP contribution >= 0.6 is 11.6 Å². The number of ketones is 1. The van der Waals surface area contributed by atoms with Crippen LogP contribution < -0.4 is 0 Å². The molecule has 0 bridgehead atoms. The SMILES string of the molecule is O=C(/C(Cl)=N\O)c1ccc(F)cc1. The van der Waals surface area contributed by atoms with Gasteiger partial charge in [-0.05, 0) is 24.3 Å². The van der Waals surface area contributed by atoms with Gasteiger partial charge in [-0.3, -0.25) is 4.79 Å². The van der Waals surface area contributed by atoms with Crippen molar-refractivity contribution in [2.45, 2.75) is 0 Å². The third-order valence-electron chi connectivity index (χ3n) is 1.38. The Kier molecular flexibility index (Phi) is 2.97. The van der Waals surface area contributed by atoms with E-state index in [2.05, 4.69) is 5.16 Å². The summed E-state index contributed by atoms with van der Waals surface area (Å²) >= 11 is 5.25. The van der Waals surface area contributed by atoms with Gasteiger partial charge >= 0.3 is 0 Å². The van der Waals surface area contributed by atoms with Crippen molar-refractivity contribution in [2.24, 2.45) is 5.16 Å². The smallest absolute Gasteiger partial charge is 0.226 e. The fourth-order valence-electron chi connectivity index (χ4n) is 0.766. The van der Waals surface area contributed by atoms with Crippen LogP contribution in [-0.4, -0.2) is 16.2 Å². The van der Waals surface area contributed by atoms with Gasteiger partial charge in [-0.2, -0.15) is 0 Å². The minimum Gasteiger partial charge on any atom is -0.410 e. The van der Waals surface area contributed by atoms with Crippen LogP contribution in [0.2, 0.25) is 0 Å². The second kappa shape index (κ2) is 4.00. The number of hydrogen-bond donors (Lipinski definition) is 1. The summed E-state index contributed by atoms with van der Waals surface area (Å²) in [6.45, 7) is 0. The Bertz CT molecular complexity index is 348. The first kappa shape index (κ1) is 9.67. The number of rotatable bonds is 2. The Morgan fingerprint density at radius 1 is 1.38 bits per heavy atom. The first-order chi connectivity index (χ1) is 6.15. The Morgan fingerprint density at radius 2 is 1.92 bits per heavy atom. The van der Waals surface area contributed by atoms with Crippen molar-refractivity contribution in [3.05, 3.63) is 35.6 Å². The zero-order valence-corrected chi connectivity index (χ0v) is 7.12. The van der Waals surface area contributed by atoms with Gasteiger partial charge in [-0.25, -0.2) is 4.39 Å². The molecule has 0 aromatic heterocycles. The summed E-state index contributed by atoms with van der Waals surface area (Å²) < 4.78 is 12.4. The highest BCUT2D eigenvalue weighted by Gasteiger charge is 2.11. The van der Waals surface area contributed by atoms with Gasteiger partial charge in [0.15, 0.2) is 0 Å². The van der Waals surface area contributed by atoms with Crippen LogP contribution in [0, 0.1) is 5.82 Å². The van der Waals surface area contributed by atoms with Crippen LogP contribution in [0.15, 0.2) is 29.4 Å². The standard InChI is InChI=1S/C8H5ClFNO2/c9-8(11-13)7(12)5-1-3-6(10)4-2-5/h1-4,13H/b11-8+. The van der Waals surface area contributed by atoms with E-state index in [0.717, 1.165) is 12.1 Å². The van der Waals surface area contributed by atoms with Gasteiger partial charge in [0, 0.05) is 5.56 Å². The fraction of sp³-hybridized carbons (Fsp3) is 0. The summed E-state index contributed by atoms with van der Waals surface area (Å²) in [4.78, 5) is 11.1. The molecule has 0 atom stereocenters. The molecule has 0 amide bonds. The number of halogens is 2. The Balaban J connectivity index is 2.97. The predicted octanol–water partition coefficient (Wildman–Crippen LogP) is 2.03. The summed E-state index contributed by atoms with van der Waals surface area (Å²) in [6, 6.07) is 4.75. The van der Waals surface area contributed by atoms with Crippen LogP contribution in [0.5, 0.6) is 0 Å². The van der Waals surface area contributed by atoms with E-state index < -0.39 is 16.8 Å². The van der Waals surface area contributed by atoms with Crippen molar-refractivity contribution < 1.29 is 14.4 Å². The largest absolute Gasteiger partial charge is 0.410 e. The van der Waals surface area contributed by atoms with Crippen LogP contribution in [-0.2, 0) is 0 Å². The summed E-state index contributed by atoms with van der Waals surface area (Å²) in [5.74, 6) is -1.10. The van der Waals surface area contributed by atoms with Crippen molar-refractivity contribution in [2.75, 3.05) is 0 Å². The van der Waals surface area contributed by atoms with E-state index in [4.69, 9.17) is 16.8 Å². The molecule has 68 valence electrons. The van der Waals surface area contributed by atoms with Gasteiger partial charge in [-0.1, -0.05) is 16.8 Å². The highest BCUT2D eigenvalue weighted by atomic mass is 35.5. The van der Waals surface area contributed by atoms with E-state index in [1.54, 1.807) is 0 Å². The van der Waals surface area contributed by atoms with Gasteiger partial charge in [0.05, 0.1) is 0 Å². The Morgan fingerprint density at radius 3 is 2.38 bits per heavy atom. The third-order valence-corrected chi connectivity index (χ3v) is 1.63.